The minimum absolute atomic E-state index is 0.0116. The third-order valence-corrected chi connectivity index (χ3v) is 12.8. The second-order valence-corrected chi connectivity index (χ2v) is 16.8. The number of aryl methyl sites for hydroxylation is 1. The second-order valence-electron chi connectivity index (χ2n) is 16.8. The van der Waals surface area contributed by atoms with Crippen LogP contribution in [-0.2, 0) is 32.1 Å². The summed E-state index contributed by atoms with van der Waals surface area (Å²) < 4.78 is 34.0. The molecule has 0 bridgehead atoms. The fourth-order valence-electron chi connectivity index (χ4n) is 9.51. The molecule has 0 radical (unpaired) electrons. The molecule has 2 aromatic carbocycles. The van der Waals surface area contributed by atoms with Crippen molar-refractivity contribution in [2.45, 2.75) is 76.4 Å². The number of hydrogen-bond acceptors (Lipinski definition) is 13. The molecule has 2 aromatic rings. The van der Waals surface area contributed by atoms with Crippen molar-refractivity contribution in [2.75, 3.05) is 76.3 Å². The molecule has 62 heavy (non-hydrogen) atoms. The lowest BCUT2D eigenvalue weighted by Crippen LogP contribution is -2.60. The zero-order chi connectivity index (χ0) is 43.7. The maximum atomic E-state index is 14.9. The van der Waals surface area contributed by atoms with E-state index in [9.17, 15) is 43.8 Å². The molecule has 6 aliphatic rings. The van der Waals surface area contributed by atoms with Gasteiger partial charge in [-0.3, -0.25) is 35.0 Å². The smallest absolute Gasteiger partial charge is 0.347 e. The fraction of sp³-hybridized carbons (Fsp3) is 0.512. The maximum absolute atomic E-state index is 14.9. The SMILES string of the molecule is CN(O)N1CCC(NC2CCOCC2)=C(C(=N)N2CCCc3cc(C4=CN(CC(=O)NCCNc5cccc6c5C[N+]([O-])(C5CCC(=O)NC5=O)C6=O)CC4)c(C(F)F)cc32)C1. The van der Waals surface area contributed by atoms with E-state index in [1.165, 1.54) is 6.07 Å². The van der Waals surface area contributed by atoms with E-state index in [2.05, 4.69) is 21.3 Å². The fourth-order valence-corrected chi connectivity index (χ4v) is 9.51. The average molecular weight is 861 g/mol. The van der Waals surface area contributed by atoms with Gasteiger partial charge in [0.15, 0.2) is 6.04 Å². The number of hydrogen-bond donors (Lipinski definition) is 6. The molecule has 2 atom stereocenters. The number of quaternary nitrogens is 1. The van der Waals surface area contributed by atoms with Crippen LogP contribution in [0.2, 0.25) is 0 Å². The molecule has 0 spiro atoms. The lowest BCUT2D eigenvalue weighted by atomic mass is 9.91. The molecule has 2 saturated heterocycles. The Hall–Kier alpha value is -5.31. The monoisotopic (exact) mass is 860 g/mol. The van der Waals surface area contributed by atoms with Gasteiger partial charge in [0, 0.05) is 125 Å². The first-order chi connectivity index (χ1) is 29.8. The number of imide groups is 1. The Labute approximate surface area is 358 Å². The number of amides is 4. The standard InChI is InChI=1S/C43H54F2N10O7/c1-51(60)53-17-10-35(49-28-11-18-62-19-12-28)32(23-53)41(46)54-15-3-4-26-20-30(31(40(44)45)21-36(26)54)27-9-16-52(22-27)24-39(57)48-14-13-47-34-6-2-5-29-33(34)25-55(61,43(29)59)37-7-8-38(56)50-42(37)58/h2,5-6,20-22,28,37,40,46-47,49,60H,3-4,7-19,23-25H2,1H3,(H,48,57)(H,50,56,58). The largest absolute Gasteiger partial charge is 0.624 e. The number of carbonyl (C=O) groups is 4. The average Bonchev–Trinajstić information content (AvgIpc) is 3.83. The Morgan fingerprint density at radius 1 is 1.06 bits per heavy atom. The first-order valence-corrected chi connectivity index (χ1v) is 21.4. The van der Waals surface area contributed by atoms with Gasteiger partial charge in [-0.2, -0.15) is 0 Å². The van der Waals surface area contributed by atoms with E-state index < -0.39 is 34.8 Å². The molecule has 6 N–H and O–H groups in total. The van der Waals surface area contributed by atoms with E-state index in [0.717, 1.165) is 41.3 Å². The van der Waals surface area contributed by atoms with Gasteiger partial charge in [0.1, 0.15) is 12.4 Å². The summed E-state index contributed by atoms with van der Waals surface area (Å²) in [4.78, 5) is 54.1. The molecular formula is C43H54F2N10O7. The van der Waals surface area contributed by atoms with Crippen LogP contribution in [0.3, 0.4) is 0 Å². The number of halogens is 2. The van der Waals surface area contributed by atoms with Crippen LogP contribution in [0.5, 0.6) is 0 Å². The minimum Gasteiger partial charge on any atom is -0.624 e. The van der Waals surface area contributed by atoms with Crippen LogP contribution in [0.25, 0.3) is 5.57 Å². The highest BCUT2D eigenvalue weighted by molar-refractivity contribution is 6.09. The Morgan fingerprint density at radius 3 is 2.63 bits per heavy atom. The summed E-state index contributed by atoms with van der Waals surface area (Å²) in [5.41, 5.74) is 5.39. The predicted molar refractivity (Wildman–Crippen MR) is 224 cm³/mol. The van der Waals surface area contributed by atoms with Gasteiger partial charge in [-0.25, -0.2) is 18.6 Å². The number of piperidine rings is 1. The van der Waals surface area contributed by atoms with Crippen LogP contribution < -0.4 is 26.2 Å². The quantitative estimate of drug-likeness (QED) is 0.0326. The molecule has 0 aliphatic carbocycles. The van der Waals surface area contributed by atoms with E-state index in [4.69, 9.17) is 4.74 Å². The molecular weight excluding hydrogens is 807 g/mol. The third kappa shape index (κ3) is 8.82. The first-order valence-electron chi connectivity index (χ1n) is 21.4. The molecule has 6 aliphatic heterocycles. The van der Waals surface area contributed by atoms with Gasteiger partial charge >= 0.3 is 5.91 Å². The van der Waals surface area contributed by atoms with Gasteiger partial charge in [0.25, 0.3) is 12.3 Å². The van der Waals surface area contributed by atoms with Crippen molar-refractivity contribution >= 4 is 46.4 Å². The summed E-state index contributed by atoms with van der Waals surface area (Å²) in [6.45, 7) is 3.40. The Morgan fingerprint density at radius 2 is 1.87 bits per heavy atom. The number of hydrazine groups is 1. The van der Waals surface area contributed by atoms with E-state index in [-0.39, 0.29) is 67.9 Å². The molecule has 17 nitrogen and oxygen atoms in total. The number of rotatable bonds is 13. The van der Waals surface area contributed by atoms with Gasteiger partial charge in [0.2, 0.25) is 11.8 Å². The molecule has 0 saturated carbocycles. The summed E-state index contributed by atoms with van der Waals surface area (Å²) in [6, 6.07) is 7.26. The van der Waals surface area contributed by atoms with Crippen LogP contribution in [0, 0.1) is 10.6 Å². The predicted octanol–water partition coefficient (Wildman–Crippen LogP) is 3.37. The van der Waals surface area contributed by atoms with Crippen LogP contribution in [0.15, 0.2) is 47.8 Å². The van der Waals surface area contributed by atoms with Crippen LogP contribution >= 0.6 is 0 Å². The Balaban J connectivity index is 0.903. The molecule has 19 heteroatoms. The number of amidine groups is 1. The Kier molecular flexibility index (Phi) is 12.7. The maximum Gasteiger partial charge on any atom is 0.347 e. The number of fused-ring (bicyclic) bond motifs is 2. The van der Waals surface area contributed by atoms with Crippen molar-refractivity contribution in [3.8, 4) is 0 Å². The summed E-state index contributed by atoms with van der Waals surface area (Å²) in [7, 11) is 1.55. The zero-order valence-corrected chi connectivity index (χ0v) is 34.8. The van der Waals surface area contributed by atoms with Gasteiger partial charge in [-0.1, -0.05) is 6.07 Å². The van der Waals surface area contributed by atoms with E-state index in [0.29, 0.717) is 86.7 Å². The van der Waals surface area contributed by atoms with Crippen molar-refractivity contribution in [3.63, 3.8) is 0 Å². The molecule has 4 amide bonds. The highest BCUT2D eigenvalue weighted by atomic mass is 19.3. The molecule has 8 rings (SSSR count). The topological polar surface area (TPSA) is 206 Å². The van der Waals surface area contributed by atoms with Gasteiger partial charge in [-0.05, 0) is 73.1 Å². The van der Waals surface area contributed by atoms with Crippen molar-refractivity contribution in [3.05, 3.63) is 80.8 Å². The summed E-state index contributed by atoms with van der Waals surface area (Å²) in [5, 5.41) is 48.2. The lowest BCUT2D eigenvalue weighted by Gasteiger charge is -2.42. The normalized spacial score (nSPS) is 23.4. The molecule has 0 aromatic heterocycles. The Bertz CT molecular complexity index is 2190. The lowest BCUT2D eigenvalue weighted by molar-refractivity contribution is -0.825. The number of benzene rings is 2. The van der Waals surface area contributed by atoms with Crippen molar-refractivity contribution in [1.29, 1.82) is 5.41 Å². The highest BCUT2D eigenvalue weighted by Crippen LogP contribution is 2.41. The van der Waals surface area contributed by atoms with Crippen LogP contribution in [-0.4, -0.2) is 133 Å². The molecule has 6 heterocycles. The van der Waals surface area contributed by atoms with E-state index >= 15 is 0 Å². The van der Waals surface area contributed by atoms with Crippen molar-refractivity contribution in [2.24, 2.45) is 0 Å². The van der Waals surface area contributed by atoms with Gasteiger partial charge in [0.05, 0.1) is 12.1 Å². The van der Waals surface area contributed by atoms with Crippen LogP contribution in [0.4, 0.5) is 20.2 Å². The van der Waals surface area contributed by atoms with E-state index in [1.54, 1.807) is 41.4 Å². The zero-order valence-electron chi connectivity index (χ0n) is 34.8. The van der Waals surface area contributed by atoms with E-state index in [1.807, 2.05) is 11.0 Å². The first kappa shape index (κ1) is 43.3. The van der Waals surface area contributed by atoms with Crippen molar-refractivity contribution in [1.82, 2.24) is 31.0 Å². The summed E-state index contributed by atoms with van der Waals surface area (Å²) >= 11 is 0. The highest BCUT2D eigenvalue weighted by Gasteiger charge is 2.50. The molecule has 2 unspecified atom stereocenters. The minimum atomic E-state index is -2.78. The second kappa shape index (κ2) is 18.2. The molecule has 332 valence electrons. The number of anilines is 2. The number of nitrogens with one attached hydrogen (secondary N) is 5. The number of nitrogens with zero attached hydrogens (tertiary/aromatic N) is 5. The number of carbonyl (C=O) groups excluding carboxylic acids is 4. The van der Waals surface area contributed by atoms with Gasteiger partial charge in [-0.15, -0.1) is 5.17 Å². The van der Waals surface area contributed by atoms with Crippen LogP contribution in [0.1, 0.15) is 84.0 Å². The number of ether oxygens (including phenoxy) is 1. The van der Waals surface area contributed by atoms with Gasteiger partial charge < -0.3 is 35.7 Å². The van der Waals surface area contributed by atoms with Crippen molar-refractivity contribution < 1.29 is 42.5 Å². The number of alkyl halides is 2. The summed E-state index contributed by atoms with van der Waals surface area (Å²) in [5.74, 6) is -1.99. The third-order valence-electron chi connectivity index (χ3n) is 12.8. The summed E-state index contributed by atoms with van der Waals surface area (Å²) in [6.07, 6.45) is 3.13. The molecule has 2 fully saturated rings. The number of hydroxylamine groups is 4.